The van der Waals surface area contributed by atoms with E-state index in [-0.39, 0.29) is 5.82 Å². The molecule has 2 N–H and O–H groups in total. The molecule has 0 heterocycles. The molecule has 0 amide bonds. The Kier molecular flexibility index (Phi) is 3.93. The summed E-state index contributed by atoms with van der Waals surface area (Å²) in [5.74, 6) is -0.322. The van der Waals surface area contributed by atoms with Crippen LogP contribution in [-0.2, 0) is 0 Å². The molecule has 0 aliphatic carbocycles. The number of rotatable bonds is 2. The van der Waals surface area contributed by atoms with Gasteiger partial charge in [0.2, 0.25) is 0 Å². The second-order valence-electron chi connectivity index (χ2n) is 4.96. The topological polar surface area (TPSA) is 26.0 Å². The van der Waals surface area contributed by atoms with Crippen molar-refractivity contribution < 1.29 is 4.39 Å². The summed E-state index contributed by atoms with van der Waals surface area (Å²) >= 11 is 6.13. The minimum atomic E-state index is -0.413. The molecular weight excluding hydrogens is 261 g/mol. The van der Waals surface area contributed by atoms with Crippen LogP contribution < -0.4 is 5.73 Å². The lowest BCUT2D eigenvalue weighted by Crippen LogP contribution is -2.16. The Morgan fingerprint density at radius 2 is 1.63 bits per heavy atom. The van der Waals surface area contributed by atoms with E-state index >= 15 is 0 Å². The highest BCUT2D eigenvalue weighted by atomic mass is 35.5. The van der Waals surface area contributed by atoms with Gasteiger partial charge in [0, 0.05) is 5.02 Å². The molecule has 0 spiro atoms. The first-order valence-electron chi connectivity index (χ1n) is 6.18. The summed E-state index contributed by atoms with van der Waals surface area (Å²) in [6.45, 7) is 6.08. The highest BCUT2D eigenvalue weighted by Crippen LogP contribution is 2.31. The molecule has 2 rings (SSSR count). The van der Waals surface area contributed by atoms with Crippen molar-refractivity contribution in [3.63, 3.8) is 0 Å². The van der Waals surface area contributed by atoms with E-state index in [4.69, 9.17) is 17.3 Å². The number of hydrogen-bond donors (Lipinski definition) is 1. The highest BCUT2D eigenvalue weighted by molar-refractivity contribution is 6.31. The summed E-state index contributed by atoms with van der Waals surface area (Å²) < 4.78 is 13.4. The molecule has 0 saturated carbocycles. The van der Waals surface area contributed by atoms with Crippen LogP contribution >= 0.6 is 11.6 Å². The third-order valence-corrected chi connectivity index (χ3v) is 3.69. The largest absolute Gasteiger partial charge is 0.320 e. The molecule has 1 nitrogen and oxygen atoms in total. The second kappa shape index (κ2) is 5.32. The lowest BCUT2D eigenvalue weighted by atomic mass is 9.90. The molecule has 2 aromatic carbocycles. The fourth-order valence-electron chi connectivity index (χ4n) is 2.59. The van der Waals surface area contributed by atoms with Crippen molar-refractivity contribution in [2.45, 2.75) is 26.8 Å². The zero-order valence-electron chi connectivity index (χ0n) is 11.3. The third-order valence-electron chi connectivity index (χ3n) is 3.34. The highest BCUT2D eigenvalue weighted by Gasteiger charge is 2.17. The predicted molar refractivity (Wildman–Crippen MR) is 78.1 cm³/mol. The van der Waals surface area contributed by atoms with E-state index in [0.717, 1.165) is 16.7 Å². The van der Waals surface area contributed by atoms with Gasteiger partial charge >= 0.3 is 0 Å². The van der Waals surface area contributed by atoms with Gasteiger partial charge in [0.25, 0.3) is 0 Å². The average molecular weight is 278 g/mol. The third kappa shape index (κ3) is 2.80. The first-order valence-corrected chi connectivity index (χ1v) is 6.56. The Morgan fingerprint density at radius 3 is 2.21 bits per heavy atom. The normalized spacial score (nSPS) is 12.5. The molecule has 2 aromatic rings. The van der Waals surface area contributed by atoms with Crippen LogP contribution in [0.3, 0.4) is 0 Å². The number of hydrogen-bond acceptors (Lipinski definition) is 1. The smallest absolute Gasteiger partial charge is 0.123 e. The lowest BCUT2D eigenvalue weighted by molar-refractivity contribution is 0.623. The molecule has 1 unspecified atom stereocenters. The second-order valence-corrected chi connectivity index (χ2v) is 5.36. The van der Waals surface area contributed by atoms with Crippen LogP contribution in [0.5, 0.6) is 0 Å². The Bertz CT molecular complexity index is 599. The fourth-order valence-corrected chi connectivity index (χ4v) is 2.83. The molecule has 0 bridgehead atoms. The SMILES string of the molecule is Cc1cc(C)c(C(N)c2cc(F)ccc2Cl)c(C)c1. The molecule has 0 aliphatic heterocycles. The molecule has 3 heteroatoms. The van der Waals surface area contributed by atoms with Crippen molar-refractivity contribution in [2.75, 3.05) is 0 Å². The van der Waals surface area contributed by atoms with Crippen molar-refractivity contribution in [3.8, 4) is 0 Å². The Balaban J connectivity index is 2.56. The zero-order chi connectivity index (χ0) is 14.2. The molecule has 0 fully saturated rings. The van der Waals surface area contributed by atoms with Gasteiger partial charge in [-0.2, -0.15) is 0 Å². The van der Waals surface area contributed by atoms with E-state index in [1.165, 1.54) is 17.7 Å². The summed E-state index contributed by atoms with van der Waals surface area (Å²) in [6.07, 6.45) is 0. The van der Waals surface area contributed by atoms with Crippen LogP contribution in [0.25, 0.3) is 0 Å². The monoisotopic (exact) mass is 277 g/mol. The molecule has 0 saturated heterocycles. The number of aryl methyl sites for hydroxylation is 3. The predicted octanol–water partition coefficient (Wildman–Crippen LogP) is 4.45. The van der Waals surface area contributed by atoms with E-state index in [0.29, 0.717) is 10.6 Å². The maximum absolute atomic E-state index is 13.4. The minimum Gasteiger partial charge on any atom is -0.320 e. The molecule has 0 aliphatic rings. The quantitative estimate of drug-likeness (QED) is 0.862. The molecule has 1 atom stereocenters. The molecular formula is C16H17ClFN. The summed E-state index contributed by atoms with van der Waals surface area (Å²) in [5.41, 5.74) is 11.3. The van der Waals surface area contributed by atoms with Crippen molar-refractivity contribution in [1.82, 2.24) is 0 Å². The first-order chi connectivity index (χ1) is 8.90. The molecule has 100 valence electrons. The van der Waals surface area contributed by atoms with E-state index < -0.39 is 6.04 Å². The van der Waals surface area contributed by atoms with Gasteiger partial charge < -0.3 is 5.73 Å². The first kappa shape index (κ1) is 14.0. The van der Waals surface area contributed by atoms with E-state index in [1.54, 1.807) is 6.07 Å². The van der Waals surface area contributed by atoms with Crippen LogP contribution in [0.2, 0.25) is 5.02 Å². The zero-order valence-corrected chi connectivity index (χ0v) is 12.1. The minimum absolute atomic E-state index is 0.322. The van der Waals surface area contributed by atoms with E-state index in [2.05, 4.69) is 12.1 Å². The average Bonchev–Trinajstić information content (AvgIpc) is 2.30. The van der Waals surface area contributed by atoms with Gasteiger partial charge in [-0.3, -0.25) is 0 Å². The van der Waals surface area contributed by atoms with Gasteiger partial charge in [-0.25, -0.2) is 4.39 Å². The standard InChI is InChI=1S/C16H17ClFN/c1-9-6-10(2)15(11(3)7-9)16(19)13-8-12(18)4-5-14(13)17/h4-8,16H,19H2,1-3H3. The van der Waals surface area contributed by atoms with Crippen LogP contribution in [-0.4, -0.2) is 0 Å². The van der Waals surface area contributed by atoms with Crippen LogP contribution in [0.15, 0.2) is 30.3 Å². The van der Waals surface area contributed by atoms with Crippen molar-refractivity contribution in [3.05, 3.63) is 69.0 Å². The number of nitrogens with two attached hydrogens (primary N) is 1. The van der Waals surface area contributed by atoms with Crippen LogP contribution in [0, 0.1) is 26.6 Å². The van der Waals surface area contributed by atoms with Crippen LogP contribution in [0.1, 0.15) is 33.9 Å². The number of halogens is 2. The van der Waals surface area contributed by atoms with Crippen molar-refractivity contribution in [1.29, 1.82) is 0 Å². The summed E-state index contributed by atoms with van der Waals surface area (Å²) in [6, 6.07) is 8.04. The van der Waals surface area contributed by atoms with Crippen molar-refractivity contribution in [2.24, 2.45) is 5.73 Å². The Hall–Kier alpha value is -1.38. The maximum atomic E-state index is 13.4. The number of benzene rings is 2. The summed E-state index contributed by atoms with van der Waals surface area (Å²) in [4.78, 5) is 0. The Labute approximate surface area is 118 Å². The fraction of sp³-hybridized carbons (Fsp3) is 0.250. The molecule has 0 radical (unpaired) electrons. The van der Waals surface area contributed by atoms with E-state index in [1.807, 2.05) is 20.8 Å². The van der Waals surface area contributed by atoms with Gasteiger partial charge in [0.1, 0.15) is 5.82 Å². The van der Waals surface area contributed by atoms with Gasteiger partial charge in [-0.1, -0.05) is 29.3 Å². The van der Waals surface area contributed by atoms with Gasteiger partial charge in [0.05, 0.1) is 6.04 Å². The van der Waals surface area contributed by atoms with Crippen LogP contribution in [0.4, 0.5) is 4.39 Å². The molecule has 0 aromatic heterocycles. The van der Waals surface area contributed by atoms with E-state index in [9.17, 15) is 4.39 Å². The van der Waals surface area contributed by atoms with Gasteiger partial charge in [0.15, 0.2) is 0 Å². The van der Waals surface area contributed by atoms with Gasteiger partial charge in [-0.15, -0.1) is 0 Å². The molecule has 19 heavy (non-hydrogen) atoms. The Morgan fingerprint density at radius 1 is 1.05 bits per heavy atom. The summed E-state index contributed by atoms with van der Waals surface area (Å²) in [7, 11) is 0. The van der Waals surface area contributed by atoms with Crippen molar-refractivity contribution >= 4 is 11.6 Å². The van der Waals surface area contributed by atoms with Gasteiger partial charge in [-0.05, 0) is 61.2 Å². The summed E-state index contributed by atoms with van der Waals surface area (Å²) in [5, 5.41) is 0.494. The lowest BCUT2D eigenvalue weighted by Gasteiger charge is -2.20. The maximum Gasteiger partial charge on any atom is 0.123 e.